The molecule has 0 heterocycles. The minimum absolute atomic E-state index is 0.0622. The van der Waals surface area contributed by atoms with Gasteiger partial charge in [-0.25, -0.2) is 0 Å². The molecule has 0 saturated carbocycles. The van der Waals surface area contributed by atoms with Gasteiger partial charge in [-0.1, -0.05) is 90.1 Å². The Kier molecular flexibility index (Phi) is 15.8. The summed E-state index contributed by atoms with van der Waals surface area (Å²) in [7, 11) is 0. The van der Waals surface area contributed by atoms with Crippen molar-refractivity contribution in [3.05, 3.63) is 90.5 Å². The first kappa shape index (κ1) is 27.8. The summed E-state index contributed by atoms with van der Waals surface area (Å²) < 4.78 is 0. The summed E-state index contributed by atoms with van der Waals surface area (Å²) >= 11 is 0. The van der Waals surface area contributed by atoms with E-state index >= 15 is 0 Å². The van der Waals surface area contributed by atoms with Crippen molar-refractivity contribution in [3.63, 3.8) is 0 Å². The van der Waals surface area contributed by atoms with Gasteiger partial charge < -0.3 is 4.90 Å². The fourth-order valence-electron chi connectivity index (χ4n) is 2.59. The van der Waals surface area contributed by atoms with Crippen LogP contribution in [-0.2, 0) is 4.79 Å². The summed E-state index contributed by atoms with van der Waals surface area (Å²) in [5, 5.41) is 0. The predicted octanol–water partition coefficient (Wildman–Crippen LogP) is 8.24. The van der Waals surface area contributed by atoms with Gasteiger partial charge in [-0.3, -0.25) is 9.79 Å². The van der Waals surface area contributed by atoms with Crippen LogP contribution in [0.2, 0.25) is 0 Å². The average Bonchev–Trinajstić information content (AvgIpc) is 2.85. The van der Waals surface area contributed by atoms with Gasteiger partial charge in [0.15, 0.2) is 5.78 Å². The van der Waals surface area contributed by atoms with Crippen molar-refractivity contribution in [2.75, 3.05) is 11.4 Å². The lowest BCUT2D eigenvalue weighted by Gasteiger charge is -2.25. The van der Waals surface area contributed by atoms with E-state index in [2.05, 4.69) is 46.3 Å². The Labute approximate surface area is 189 Å². The quantitative estimate of drug-likeness (QED) is 0.377. The van der Waals surface area contributed by atoms with E-state index in [1.807, 2.05) is 90.1 Å². The van der Waals surface area contributed by atoms with Crippen molar-refractivity contribution in [1.29, 1.82) is 0 Å². The summed E-state index contributed by atoms with van der Waals surface area (Å²) in [5.74, 6) is 0.0622. The van der Waals surface area contributed by atoms with E-state index in [1.165, 1.54) is 6.92 Å². The first-order valence-electron chi connectivity index (χ1n) is 11.2. The van der Waals surface area contributed by atoms with Gasteiger partial charge >= 0.3 is 0 Å². The Hall–Kier alpha value is -3.20. The zero-order valence-corrected chi connectivity index (χ0v) is 20.2. The Morgan fingerprint density at radius 3 is 1.45 bits per heavy atom. The van der Waals surface area contributed by atoms with Crippen LogP contribution >= 0.6 is 0 Å². The van der Waals surface area contributed by atoms with Gasteiger partial charge in [0, 0.05) is 23.3 Å². The van der Waals surface area contributed by atoms with Gasteiger partial charge in [0.25, 0.3) is 0 Å². The van der Waals surface area contributed by atoms with E-state index in [1.54, 1.807) is 6.21 Å². The van der Waals surface area contributed by atoms with Crippen LogP contribution in [0.5, 0.6) is 0 Å². The van der Waals surface area contributed by atoms with Gasteiger partial charge in [-0.15, -0.1) is 0 Å². The van der Waals surface area contributed by atoms with Crippen LogP contribution in [0, 0.1) is 0 Å². The molecule has 3 rings (SSSR count). The average molecular weight is 419 g/mol. The molecule has 0 unspecified atom stereocenters. The summed E-state index contributed by atoms with van der Waals surface area (Å²) in [6, 6.07) is 28.7. The number of carbonyl (C=O) groups is 1. The first-order valence-corrected chi connectivity index (χ1v) is 11.2. The maximum Gasteiger partial charge on any atom is 0.151 e. The highest BCUT2D eigenvalue weighted by Gasteiger charge is 2.11. The van der Waals surface area contributed by atoms with Crippen LogP contribution < -0.4 is 4.90 Å². The fraction of sp³-hybridized carbons (Fsp3) is 0.286. The third kappa shape index (κ3) is 9.90. The molecule has 0 atom stereocenters. The number of hydrogen-bond donors (Lipinski definition) is 0. The van der Waals surface area contributed by atoms with Gasteiger partial charge in [-0.05, 0) is 48.9 Å². The minimum Gasteiger partial charge on any atom is -0.311 e. The molecule has 0 fully saturated rings. The number of Topliss-reactive ketones (excluding diaryl/α,β-unsaturated/α-hetero) is 1. The lowest BCUT2D eigenvalue weighted by atomic mass is 10.1. The zero-order valence-electron chi connectivity index (χ0n) is 20.2. The van der Waals surface area contributed by atoms with E-state index in [9.17, 15) is 4.79 Å². The van der Waals surface area contributed by atoms with E-state index < -0.39 is 0 Å². The second kappa shape index (κ2) is 17.6. The molecule has 0 radical (unpaired) electrons. The van der Waals surface area contributed by atoms with Gasteiger partial charge in [0.05, 0.1) is 6.54 Å². The number of nitrogens with zero attached hydrogens (tertiary/aromatic N) is 2. The van der Waals surface area contributed by atoms with E-state index in [4.69, 9.17) is 0 Å². The maximum atomic E-state index is 11.0. The largest absolute Gasteiger partial charge is 0.311 e. The van der Waals surface area contributed by atoms with Crippen LogP contribution in [0.4, 0.5) is 17.1 Å². The second-order valence-electron chi connectivity index (χ2n) is 5.77. The zero-order chi connectivity index (χ0) is 23.5. The summed E-state index contributed by atoms with van der Waals surface area (Å²) in [5.41, 5.74) is 4.26. The molecule has 31 heavy (non-hydrogen) atoms. The molecule has 0 aliphatic rings. The number of benzene rings is 3. The molecule has 166 valence electrons. The van der Waals surface area contributed by atoms with Crippen LogP contribution in [-0.4, -0.2) is 18.5 Å². The Morgan fingerprint density at radius 2 is 1.06 bits per heavy atom. The highest BCUT2D eigenvalue weighted by Crippen LogP contribution is 2.33. The molecule has 3 heteroatoms. The molecular weight excluding hydrogens is 380 g/mol. The highest BCUT2D eigenvalue weighted by atomic mass is 16.1. The Bertz CT molecular complexity index is 802. The van der Waals surface area contributed by atoms with Gasteiger partial charge in [-0.2, -0.15) is 0 Å². The third-order valence-electron chi connectivity index (χ3n) is 3.73. The highest BCUT2D eigenvalue weighted by molar-refractivity contribution is 5.85. The molecule has 0 N–H and O–H groups in total. The van der Waals surface area contributed by atoms with Gasteiger partial charge in [0.1, 0.15) is 0 Å². The number of aliphatic imine (C=N–C) groups is 1. The topological polar surface area (TPSA) is 32.7 Å². The van der Waals surface area contributed by atoms with E-state index in [-0.39, 0.29) is 12.3 Å². The Balaban J connectivity index is 0.00000138. The third-order valence-corrected chi connectivity index (χ3v) is 3.73. The molecule has 0 aliphatic heterocycles. The van der Waals surface area contributed by atoms with Crippen molar-refractivity contribution >= 4 is 29.1 Å². The minimum atomic E-state index is 0.0622. The molecule has 0 spiro atoms. The van der Waals surface area contributed by atoms with Crippen molar-refractivity contribution < 1.29 is 4.79 Å². The fourth-order valence-corrected chi connectivity index (χ4v) is 2.59. The molecule has 0 aromatic heterocycles. The molecule has 3 nitrogen and oxygen atoms in total. The van der Waals surface area contributed by atoms with Crippen molar-refractivity contribution in [2.45, 2.75) is 48.5 Å². The molecule has 3 aromatic rings. The molecule has 3 aromatic carbocycles. The van der Waals surface area contributed by atoms with Crippen LogP contribution in [0.15, 0.2) is 89.9 Å². The van der Waals surface area contributed by atoms with Crippen molar-refractivity contribution in [2.24, 2.45) is 4.99 Å². The first-order chi connectivity index (χ1) is 15.2. The van der Waals surface area contributed by atoms with E-state index in [0.29, 0.717) is 0 Å². The summed E-state index contributed by atoms with van der Waals surface area (Å²) in [6.45, 7) is 13.8. The second-order valence-corrected chi connectivity index (χ2v) is 5.77. The van der Waals surface area contributed by atoms with Crippen LogP contribution in [0.3, 0.4) is 0 Å². The lowest BCUT2D eigenvalue weighted by molar-refractivity contribution is -0.115. The number of rotatable bonds is 6. The van der Waals surface area contributed by atoms with E-state index in [0.717, 1.165) is 22.6 Å². The van der Waals surface area contributed by atoms with Gasteiger partial charge in [0.2, 0.25) is 0 Å². The maximum absolute atomic E-state index is 11.0. The smallest absolute Gasteiger partial charge is 0.151 e. The molecular formula is C28H38N2O. The molecule has 0 bridgehead atoms. The predicted molar refractivity (Wildman–Crippen MR) is 138 cm³/mol. The SMILES string of the molecule is CC.CC.CC.CC(=O)CN=Cc1ccc(N(c2ccccc2)c2ccccc2)cc1. The van der Waals surface area contributed by atoms with Crippen molar-refractivity contribution in [1.82, 2.24) is 0 Å². The number of hydrogen-bond acceptors (Lipinski definition) is 3. The summed E-state index contributed by atoms with van der Waals surface area (Å²) in [4.78, 5) is 17.3. The lowest BCUT2D eigenvalue weighted by Crippen LogP contribution is -2.09. The summed E-state index contributed by atoms with van der Waals surface area (Å²) in [6.07, 6.45) is 1.74. The number of ketones is 1. The van der Waals surface area contributed by atoms with Crippen molar-refractivity contribution in [3.8, 4) is 0 Å². The van der Waals surface area contributed by atoms with Crippen LogP contribution in [0.25, 0.3) is 0 Å². The number of carbonyl (C=O) groups excluding carboxylic acids is 1. The molecule has 0 saturated heterocycles. The molecule has 0 aliphatic carbocycles. The monoisotopic (exact) mass is 418 g/mol. The standard InChI is InChI=1S/C22H20N2O.3C2H6/c1-18(25)16-23-17-19-12-14-22(15-13-19)24(20-8-4-2-5-9-20)21-10-6-3-7-11-21;3*1-2/h2-15,17H,16H2,1H3;3*1-2H3. The Morgan fingerprint density at radius 1 is 0.677 bits per heavy atom. The number of anilines is 3. The normalized spacial score (nSPS) is 9.26. The number of para-hydroxylation sites is 2. The van der Waals surface area contributed by atoms with Crippen LogP contribution in [0.1, 0.15) is 54.0 Å². The molecule has 0 amide bonds.